The maximum atomic E-state index is 12.7. The van der Waals surface area contributed by atoms with Gasteiger partial charge in [0.25, 0.3) is 0 Å². The van der Waals surface area contributed by atoms with Gasteiger partial charge in [-0.3, -0.25) is 4.79 Å². The van der Waals surface area contributed by atoms with Crippen molar-refractivity contribution in [3.8, 4) is 0 Å². The monoisotopic (exact) mass is 350 g/mol. The summed E-state index contributed by atoms with van der Waals surface area (Å²) in [5.41, 5.74) is -1.10. The lowest BCUT2D eigenvalue weighted by Crippen LogP contribution is -2.59. The molecule has 2 aliphatic rings. The van der Waals surface area contributed by atoms with Crippen LogP contribution in [0.1, 0.15) is 25.7 Å². The zero-order valence-corrected chi connectivity index (χ0v) is 14.3. The molecule has 1 amide bonds. The summed E-state index contributed by atoms with van der Waals surface area (Å²) in [4.78, 5) is 34.9. The molecule has 1 unspecified atom stereocenters. The van der Waals surface area contributed by atoms with Crippen molar-refractivity contribution in [1.29, 1.82) is 0 Å². The molecule has 1 aromatic rings. The zero-order chi connectivity index (χ0) is 17.0. The van der Waals surface area contributed by atoms with Gasteiger partial charge in [-0.1, -0.05) is 0 Å². The molecule has 8 heteroatoms. The summed E-state index contributed by atoms with van der Waals surface area (Å²) in [7, 11) is 0. The van der Waals surface area contributed by atoms with Gasteiger partial charge < -0.3 is 15.3 Å². The Hall–Kier alpha value is -1.83. The highest BCUT2D eigenvalue weighted by molar-refractivity contribution is 7.99. The molecule has 0 bridgehead atoms. The Labute approximate surface area is 145 Å². The number of piperidine rings is 1. The number of amides is 1. The lowest BCUT2D eigenvalue weighted by molar-refractivity contribution is -0.148. The van der Waals surface area contributed by atoms with Gasteiger partial charge in [0.05, 0.1) is 5.92 Å². The van der Waals surface area contributed by atoms with Crippen molar-refractivity contribution in [2.45, 2.75) is 31.2 Å². The van der Waals surface area contributed by atoms with Gasteiger partial charge in [-0.2, -0.15) is 11.8 Å². The van der Waals surface area contributed by atoms with Crippen LogP contribution in [0.2, 0.25) is 0 Å². The van der Waals surface area contributed by atoms with Crippen LogP contribution < -0.4 is 10.2 Å². The van der Waals surface area contributed by atoms with E-state index >= 15 is 0 Å². The SMILES string of the molecule is O=C(NC1(C(=O)O)CCSCC1)C1CCCN(c2ncccn2)C1. The van der Waals surface area contributed by atoms with Crippen LogP contribution in [-0.4, -0.2) is 57.1 Å². The molecule has 1 aromatic heterocycles. The van der Waals surface area contributed by atoms with Crippen molar-refractivity contribution >= 4 is 29.6 Å². The minimum absolute atomic E-state index is 0.162. The third kappa shape index (κ3) is 3.63. The molecule has 0 saturated carbocycles. The first kappa shape index (κ1) is 17.0. The fourth-order valence-corrected chi connectivity index (χ4v) is 4.47. The van der Waals surface area contributed by atoms with Gasteiger partial charge in [0.15, 0.2) is 0 Å². The van der Waals surface area contributed by atoms with Gasteiger partial charge in [0.1, 0.15) is 5.54 Å². The van der Waals surface area contributed by atoms with E-state index in [-0.39, 0.29) is 11.8 Å². The van der Waals surface area contributed by atoms with E-state index in [9.17, 15) is 14.7 Å². The number of carboxylic acids is 1. The summed E-state index contributed by atoms with van der Waals surface area (Å²) in [5.74, 6) is 0.841. The van der Waals surface area contributed by atoms with Gasteiger partial charge in [-0.05, 0) is 43.3 Å². The van der Waals surface area contributed by atoms with Crippen LogP contribution >= 0.6 is 11.8 Å². The van der Waals surface area contributed by atoms with Crippen molar-refractivity contribution in [1.82, 2.24) is 15.3 Å². The summed E-state index contributed by atoms with van der Waals surface area (Å²) >= 11 is 1.74. The number of aliphatic carboxylic acids is 1. The normalized spacial score (nSPS) is 23.5. The highest BCUT2D eigenvalue weighted by atomic mass is 32.2. The summed E-state index contributed by atoms with van der Waals surface area (Å²) in [5, 5.41) is 12.5. The number of anilines is 1. The number of aromatic nitrogens is 2. The van der Waals surface area contributed by atoms with Crippen LogP contribution in [0.3, 0.4) is 0 Å². The first-order chi connectivity index (χ1) is 11.6. The summed E-state index contributed by atoms with van der Waals surface area (Å²) in [6.07, 6.45) is 5.97. The highest BCUT2D eigenvalue weighted by Gasteiger charge is 2.42. The molecule has 2 fully saturated rings. The Morgan fingerprint density at radius 2 is 2.00 bits per heavy atom. The smallest absolute Gasteiger partial charge is 0.329 e. The number of carbonyl (C=O) groups is 2. The first-order valence-corrected chi connectivity index (χ1v) is 9.41. The number of nitrogens with zero attached hydrogens (tertiary/aromatic N) is 3. The predicted molar refractivity (Wildman–Crippen MR) is 92.0 cm³/mol. The van der Waals surface area contributed by atoms with E-state index in [1.54, 1.807) is 30.2 Å². The molecule has 130 valence electrons. The molecule has 1 atom stereocenters. The first-order valence-electron chi connectivity index (χ1n) is 8.26. The number of hydrogen-bond acceptors (Lipinski definition) is 6. The van der Waals surface area contributed by atoms with Crippen molar-refractivity contribution in [3.63, 3.8) is 0 Å². The molecule has 3 rings (SSSR count). The molecule has 2 N–H and O–H groups in total. The molecule has 0 aromatic carbocycles. The Bertz CT molecular complexity index is 592. The maximum Gasteiger partial charge on any atom is 0.329 e. The highest BCUT2D eigenvalue weighted by Crippen LogP contribution is 2.29. The van der Waals surface area contributed by atoms with E-state index in [4.69, 9.17) is 0 Å². The molecule has 0 aliphatic carbocycles. The van der Waals surface area contributed by atoms with Crippen LogP contribution in [0.15, 0.2) is 18.5 Å². The predicted octanol–water partition coefficient (Wildman–Crippen LogP) is 1.16. The second kappa shape index (κ2) is 7.38. The fourth-order valence-electron chi connectivity index (χ4n) is 3.28. The fraction of sp³-hybridized carbons (Fsp3) is 0.625. The Balaban J connectivity index is 1.67. The molecule has 2 aliphatic heterocycles. The van der Waals surface area contributed by atoms with Gasteiger partial charge >= 0.3 is 5.97 Å². The molecule has 24 heavy (non-hydrogen) atoms. The summed E-state index contributed by atoms with van der Waals surface area (Å²) < 4.78 is 0. The maximum absolute atomic E-state index is 12.7. The van der Waals surface area contributed by atoms with Gasteiger partial charge in [-0.15, -0.1) is 0 Å². The van der Waals surface area contributed by atoms with Gasteiger partial charge in [0, 0.05) is 25.5 Å². The van der Waals surface area contributed by atoms with Crippen molar-refractivity contribution in [2.75, 3.05) is 29.5 Å². The number of thioether (sulfide) groups is 1. The average Bonchev–Trinajstić information content (AvgIpc) is 2.63. The number of carboxylic acid groups (broad SMARTS) is 1. The Morgan fingerprint density at radius 3 is 2.67 bits per heavy atom. The molecule has 0 radical (unpaired) electrons. The number of nitrogens with one attached hydrogen (secondary N) is 1. The van der Waals surface area contributed by atoms with E-state index in [2.05, 4.69) is 15.3 Å². The van der Waals surface area contributed by atoms with Crippen LogP contribution in [-0.2, 0) is 9.59 Å². The Morgan fingerprint density at radius 1 is 1.29 bits per heavy atom. The van der Waals surface area contributed by atoms with Gasteiger partial charge in [-0.25, -0.2) is 14.8 Å². The minimum Gasteiger partial charge on any atom is -0.480 e. The van der Waals surface area contributed by atoms with Crippen molar-refractivity contribution in [3.05, 3.63) is 18.5 Å². The second-order valence-corrected chi connectivity index (χ2v) is 7.55. The molecule has 2 saturated heterocycles. The van der Waals surface area contributed by atoms with E-state index < -0.39 is 11.5 Å². The lowest BCUT2D eigenvalue weighted by Gasteiger charge is -2.37. The topological polar surface area (TPSA) is 95.4 Å². The lowest BCUT2D eigenvalue weighted by atomic mass is 9.89. The van der Waals surface area contributed by atoms with Crippen molar-refractivity contribution in [2.24, 2.45) is 5.92 Å². The van der Waals surface area contributed by atoms with Crippen LogP contribution in [0.4, 0.5) is 5.95 Å². The van der Waals surface area contributed by atoms with E-state index in [1.807, 2.05) is 4.90 Å². The summed E-state index contributed by atoms with van der Waals surface area (Å²) in [6.45, 7) is 1.34. The minimum atomic E-state index is -1.10. The molecule has 3 heterocycles. The van der Waals surface area contributed by atoms with Crippen LogP contribution in [0, 0.1) is 5.92 Å². The van der Waals surface area contributed by atoms with E-state index in [0.717, 1.165) is 30.9 Å². The van der Waals surface area contributed by atoms with Crippen LogP contribution in [0.25, 0.3) is 0 Å². The molecule has 0 spiro atoms. The molecule has 7 nitrogen and oxygen atoms in total. The number of carbonyl (C=O) groups excluding carboxylic acids is 1. The largest absolute Gasteiger partial charge is 0.480 e. The number of hydrogen-bond donors (Lipinski definition) is 2. The molecular weight excluding hydrogens is 328 g/mol. The summed E-state index contributed by atoms with van der Waals surface area (Å²) in [6, 6.07) is 1.76. The van der Waals surface area contributed by atoms with Crippen molar-refractivity contribution < 1.29 is 14.7 Å². The standard InChI is InChI=1S/C16H22N4O3S/c21-13(19-16(14(22)23)4-9-24-10-5-16)12-3-1-8-20(11-12)15-17-6-2-7-18-15/h2,6-7,12H,1,3-5,8-11H2,(H,19,21)(H,22,23). The Kier molecular flexibility index (Phi) is 5.23. The van der Waals surface area contributed by atoms with E-state index in [0.29, 0.717) is 25.3 Å². The van der Waals surface area contributed by atoms with Crippen LogP contribution in [0.5, 0.6) is 0 Å². The van der Waals surface area contributed by atoms with E-state index in [1.165, 1.54) is 0 Å². The second-order valence-electron chi connectivity index (χ2n) is 6.32. The number of rotatable bonds is 4. The third-order valence-electron chi connectivity index (χ3n) is 4.75. The average molecular weight is 350 g/mol. The van der Waals surface area contributed by atoms with Gasteiger partial charge in [0.2, 0.25) is 11.9 Å². The third-order valence-corrected chi connectivity index (χ3v) is 5.73. The zero-order valence-electron chi connectivity index (χ0n) is 13.5. The quantitative estimate of drug-likeness (QED) is 0.841. The molecular formula is C16H22N4O3S.